The summed E-state index contributed by atoms with van der Waals surface area (Å²) in [5.74, 6) is -6.71. The van der Waals surface area contributed by atoms with Crippen LogP contribution in [-0.4, -0.2) is 22.7 Å². The maximum absolute atomic E-state index is 15.2. The van der Waals surface area contributed by atoms with Gasteiger partial charge in [-0.2, -0.15) is 4.39 Å². The first-order valence-corrected chi connectivity index (χ1v) is 9.96. The summed E-state index contributed by atoms with van der Waals surface area (Å²) in [6.07, 6.45) is 1.49. The number of pyridine rings is 1. The molecule has 1 aliphatic carbocycles. The minimum Gasteiger partial charge on any atom is -0.454 e. The third-order valence-corrected chi connectivity index (χ3v) is 5.40. The fraction of sp³-hybridized carbons (Fsp3) is 0.130. The van der Waals surface area contributed by atoms with Gasteiger partial charge in [0.25, 0.3) is 5.91 Å². The number of hydrogen-bond acceptors (Lipinski definition) is 5. The van der Waals surface area contributed by atoms with Gasteiger partial charge in [0, 0.05) is 18.0 Å². The molecule has 0 spiro atoms. The number of ether oxygens (including phenoxy) is 1. The van der Waals surface area contributed by atoms with Crippen LogP contribution in [0.2, 0.25) is 0 Å². The molecule has 174 valence electrons. The minimum absolute atomic E-state index is 0.00567. The van der Waals surface area contributed by atoms with E-state index in [0.29, 0.717) is 0 Å². The highest BCUT2D eigenvalue weighted by Crippen LogP contribution is 2.49. The zero-order valence-electron chi connectivity index (χ0n) is 17.4. The Morgan fingerprint density at radius 2 is 1.62 bits per heavy atom. The largest absolute Gasteiger partial charge is 0.454 e. The van der Waals surface area contributed by atoms with Crippen molar-refractivity contribution in [3.8, 4) is 11.5 Å². The van der Waals surface area contributed by atoms with Crippen LogP contribution in [-0.2, 0) is 9.59 Å². The lowest BCUT2D eigenvalue weighted by Gasteiger charge is -2.27. The number of primary amides is 2. The average molecular weight is 470 g/mol. The van der Waals surface area contributed by atoms with Crippen LogP contribution in [0.3, 0.4) is 0 Å². The molecule has 0 aliphatic heterocycles. The van der Waals surface area contributed by atoms with Crippen molar-refractivity contribution in [2.75, 3.05) is 4.90 Å². The van der Waals surface area contributed by atoms with E-state index in [0.717, 1.165) is 35.2 Å². The van der Waals surface area contributed by atoms with E-state index in [1.807, 2.05) is 0 Å². The molecule has 0 saturated heterocycles. The molecule has 1 aromatic heterocycles. The Labute approximate surface area is 190 Å². The molecule has 1 saturated carbocycles. The van der Waals surface area contributed by atoms with Crippen LogP contribution in [0.25, 0.3) is 0 Å². The van der Waals surface area contributed by atoms with Gasteiger partial charge >= 0.3 is 0 Å². The SMILES string of the molecule is NC(=O)c1cc(Oc2ccc(N(C(=O)C3(C(N)=O)CC3)c3ccc(F)cc3)c(F)c2F)ccn1. The van der Waals surface area contributed by atoms with Crippen molar-refractivity contribution in [3.63, 3.8) is 0 Å². The fourth-order valence-corrected chi connectivity index (χ4v) is 3.37. The number of benzene rings is 2. The van der Waals surface area contributed by atoms with Crippen LogP contribution in [0.5, 0.6) is 11.5 Å². The van der Waals surface area contributed by atoms with Gasteiger partial charge in [0.1, 0.15) is 22.7 Å². The molecule has 3 aromatic rings. The Morgan fingerprint density at radius 1 is 0.941 bits per heavy atom. The molecule has 1 aliphatic rings. The molecule has 4 rings (SSSR count). The van der Waals surface area contributed by atoms with Gasteiger partial charge in [-0.15, -0.1) is 0 Å². The summed E-state index contributed by atoms with van der Waals surface area (Å²) in [5, 5.41) is 0. The van der Waals surface area contributed by atoms with E-state index >= 15 is 4.39 Å². The third-order valence-electron chi connectivity index (χ3n) is 5.40. The molecule has 0 bridgehead atoms. The predicted octanol–water partition coefficient (Wildman–Crippen LogP) is 3.32. The Hall–Kier alpha value is -4.41. The summed E-state index contributed by atoms with van der Waals surface area (Å²) in [7, 11) is 0. The van der Waals surface area contributed by atoms with Gasteiger partial charge in [-0.05, 0) is 55.3 Å². The van der Waals surface area contributed by atoms with E-state index in [9.17, 15) is 23.2 Å². The van der Waals surface area contributed by atoms with Crippen LogP contribution in [0.4, 0.5) is 24.5 Å². The lowest BCUT2D eigenvalue weighted by atomic mass is 10.0. The molecule has 0 radical (unpaired) electrons. The summed E-state index contributed by atoms with van der Waals surface area (Å²) >= 11 is 0. The fourth-order valence-electron chi connectivity index (χ4n) is 3.37. The standard InChI is InChI=1S/C23H17F3N4O4/c24-12-1-3-13(4-2-12)30(22(33)23(8-9-23)21(28)32)16-5-6-17(19(26)18(16)25)34-14-7-10-29-15(11-14)20(27)31/h1-7,10-11H,8-9H2,(H2,27,31)(H2,28,32). The van der Waals surface area contributed by atoms with Gasteiger partial charge in [0.2, 0.25) is 17.6 Å². The third kappa shape index (κ3) is 4.03. The van der Waals surface area contributed by atoms with Crippen molar-refractivity contribution in [3.05, 3.63) is 77.9 Å². The molecular formula is C23H17F3N4O4. The minimum atomic E-state index is -1.56. The van der Waals surface area contributed by atoms with Crippen molar-refractivity contribution < 1.29 is 32.3 Å². The summed E-state index contributed by atoms with van der Waals surface area (Å²) in [6, 6.07) is 9.02. The Balaban J connectivity index is 1.75. The molecule has 0 atom stereocenters. The highest BCUT2D eigenvalue weighted by atomic mass is 19.2. The van der Waals surface area contributed by atoms with E-state index in [4.69, 9.17) is 16.2 Å². The second kappa shape index (κ2) is 8.50. The van der Waals surface area contributed by atoms with Gasteiger partial charge in [-0.25, -0.2) is 8.78 Å². The average Bonchev–Trinajstić information content (AvgIpc) is 3.62. The molecule has 8 nitrogen and oxygen atoms in total. The molecule has 0 unspecified atom stereocenters. The number of nitrogens with two attached hydrogens (primary N) is 2. The first-order valence-electron chi connectivity index (χ1n) is 9.96. The molecule has 1 fully saturated rings. The van der Waals surface area contributed by atoms with E-state index in [2.05, 4.69) is 4.98 Å². The number of rotatable bonds is 7. The monoisotopic (exact) mass is 470 g/mol. The first-order chi connectivity index (χ1) is 16.1. The van der Waals surface area contributed by atoms with Crippen molar-refractivity contribution in [1.29, 1.82) is 0 Å². The van der Waals surface area contributed by atoms with Crippen LogP contribution in [0, 0.1) is 22.9 Å². The number of hydrogen-bond donors (Lipinski definition) is 2. The van der Waals surface area contributed by atoms with Crippen molar-refractivity contribution in [2.45, 2.75) is 12.8 Å². The van der Waals surface area contributed by atoms with E-state index < -0.39 is 52.0 Å². The summed E-state index contributed by atoms with van der Waals surface area (Å²) in [4.78, 5) is 41.0. The van der Waals surface area contributed by atoms with E-state index in [1.54, 1.807) is 0 Å². The molecule has 11 heteroatoms. The van der Waals surface area contributed by atoms with Crippen molar-refractivity contribution >= 4 is 29.1 Å². The number of amides is 3. The van der Waals surface area contributed by atoms with Crippen molar-refractivity contribution in [2.24, 2.45) is 16.9 Å². The number of halogens is 3. The number of aromatic nitrogens is 1. The lowest BCUT2D eigenvalue weighted by Crippen LogP contribution is -2.41. The smallest absolute Gasteiger partial charge is 0.267 e. The summed E-state index contributed by atoms with van der Waals surface area (Å²) in [5.41, 5.74) is 8.31. The molecular weight excluding hydrogens is 453 g/mol. The molecule has 4 N–H and O–H groups in total. The van der Waals surface area contributed by atoms with Gasteiger partial charge in [0.15, 0.2) is 11.6 Å². The Morgan fingerprint density at radius 3 is 2.21 bits per heavy atom. The van der Waals surface area contributed by atoms with Gasteiger partial charge in [0.05, 0.1) is 5.69 Å². The molecule has 1 heterocycles. The predicted molar refractivity (Wildman–Crippen MR) is 114 cm³/mol. The van der Waals surface area contributed by atoms with Gasteiger partial charge < -0.3 is 16.2 Å². The Bertz CT molecular complexity index is 1310. The normalized spacial score (nSPS) is 13.7. The highest BCUT2D eigenvalue weighted by Gasteiger charge is 2.57. The topological polar surface area (TPSA) is 129 Å². The second-order valence-corrected chi connectivity index (χ2v) is 7.62. The maximum Gasteiger partial charge on any atom is 0.267 e. The zero-order valence-corrected chi connectivity index (χ0v) is 17.4. The summed E-state index contributed by atoms with van der Waals surface area (Å²) < 4.78 is 49.0. The van der Waals surface area contributed by atoms with Crippen LogP contribution in [0.15, 0.2) is 54.7 Å². The highest BCUT2D eigenvalue weighted by molar-refractivity contribution is 6.16. The van der Waals surface area contributed by atoms with Crippen LogP contribution in [0.1, 0.15) is 23.3 Å². The van der Waals surface area contributed by atoms with E-state index in [-0.39, 0.29) is 30.0 Å². The second-order valence-electron chi connectivity index (χ2n) is 7.62. The number of nitrogens with zero attached hydrogens (tertiary/aromatic N) is 2. The van der Waals surface area contributed by atoms with Gasteiger partial charge in [-0.1, -0.05) is 0 Å². The maximum atomic E-state index is 15.2. The molecule has 34 heavy (non-hydrogen) atoms. The Kier molecular flexibility index (Phi) is 5.70. The van der Waals surface area contributed by atoms with E-state index in [1.165, 1.54) is 24.4 Å². The first kappa shape index (κ1) is 22.8. The van der Waals surface area contributed by atoms with Crippen LogP contribution < -0.4 is 21.1 Å². The number of carbonyl (C=O) groups is 3. The molecule has 3 amide bonds. The molecule has 2 aromatic carbocycles. The summed E-state index contributed by atoms with van der Waals surface area (Å²) in [6.45, 7) is 0. The van der Waals surface area contributed by atoms with Crippen LogP contribution >= 0.6 is 0 Å². The van der Waals surface area contributed by atoms with Crippen molar-refractivity contribution in [1.82, 2.24) is 4.98 Å². The quantitative estimate of drug-likeness (QED) is 0.512. The number of carbonyl (C=O) groups excluding carboxylic acids is 3. The van der Waals surface area contributed by atoms with Gasteiger partial charge in [-0.3, -0.25) is 24.3 Å². The number of anilines is 2. The lowest BCUT2D eigenvalue weighted by molar-refractivity contribution is -0.133. The zero-order chi connectivity index (χ0) is 24.6.